The van der Waals surface area contributed by atoms with E-state index < -0.39 is 17.1 Å². The summed E-state index contributed by atoms with van der Waals surface area (Å²) in [7, 11) is 0. The molecule has 1 rings (SSSR count). The maximum Gasteiger partial charge on any atom is 0.573 e. The van der Waals surface area contributed by atoms with Crippen LogP contribution in [-0.4, -0.2) is 6.36 Å². The van der Waals surface area contributed by atoms with E-state index in [2.05, 4.69) is 4.74 Å². The fraction of sp³-hybridized carbons (Fsp3) is 0.143. The van der Waals surface area contributed by atoms with Crippen LogP contribution in [0.15, 0.2) is 6.07 Å². The van der Waals surface area contributed by atoms with Gasteiger partial charge in [0.1, 0.15) is 5.02 Å². The highest BCUT2D eigenvalue weighted by molar-refractivity contribution is 6.50. The summed E-state index contributed by atoms with van der Waals surface area (Å²) in [6, 6.07) is 1.01. The molecular formula is C7HCl4F3O. The normalized spacial score (nSPS) is 11.7. The fourth-order valence-electron chi connectivity index (χ4n) is 0.759. The molecule has 0 unspecified atom stereocenters. The number of halogens is 7. The average molecular weight is 300 g/mol. The largest absolute Gasteiger partial charge is 0.573 e. The zero-order chi connectivity index (χ0) is 11.8. The Morgan fingerprint density at radius 1 is 0.933 bits per heavy atom. The fourth-order valence-corrected chi connectivity index (χ4v) is 1.74. The molecule has 0 bridgehead atoms. The van der Waals surface area contributed by atoms with Crippen LogP contribution in [0, 0.1) is 0 Å². The van der Waals surface area contributed by atoms with Crippen LogP contribution in [0.4, 0.5) is 13.2 Å². The van der Waals surface area contributed by atoms with Crippen LogP contribution in [0.1, 0.15) is 0 Å². The Labute approximate surface area is 103 Å². The first-order valence-electron chi connectivity index (χ1n) is 3.31. The van der Waals surface area contributed by atoms with Crippen LogP contribution in [0.2, 0.25) is 20.1 Å². The van der Waals surface area contributed by atoms with E-state index in [9.17, 15) is 13.2 Å². The number of ether oxygens (including phenoxy) is 1. The summed E-state index contributed by atoms with van der Waals surface area (Å²) in [6.07, 6.45) is -4.90. The number of hydrogen-bond donors (Lipinski definition) is 0. The Hall–Kier alpha value is -0.0300. The highest BCUT2D eigenvalue weighted by Crippen LogP contribution is 2.44. The Morgan fingerprint density at radius 3 is 1.93 bits per heavy atom. The monoisotopic (exact) mass is 298 g/mol. The third-order valence-electron chi connectivity index (χ3n) is 1.29. The zero-order valence-electron chi connectivity index (χ0n) is 6.63. The molecule has 0 aliphatic rings. The van der Waals surface area contributed by atoms with E-state index in [1.165, 1.54) is 0 Å². The number of rotatable bonds is 1. The lowest BCUT2D eigenvalue weighted by molar-refractivity contribution is -0.274. The first-order chi connectivity index (χ1) is 6.72. The van der Waals surface area contributed by atoms with E-state index in [-0.39, 0.29) is 15.1 Å². The van der Waals surface area contributed by atoms with Gasteiger partial charge in [0.05, 0.1) is 15.1 Å². The van der Waals surface area contributed by atoms with Crippen molar-refractivity contribution in [3.8, 4) is 5.75 Å². The van der Waals surface area contributed by atoms with Crippen molar-refractivity contribution in [3.05, 3.63) is 26.2 Å². The quantitative estimate of drug-likeness (QED) is 0.511. The highest BCUT2D eigenvalue weighted by Gasteiger charge is 2.34. The molecule has 0 saturated carbocycles. The van der Waals surface area contributed by atoms with Crippen molar-refractivity contribution >= 4 is 46.4 Å². The van der Waals surface area contributed by atoms with Gasteiger partial charge in [-0.15, -0.1) is 13.2 Å². The second kappa shape index (κ2) is 4.45. The molecule has 0 N–H and O–H groups in total. The molecule has 0 radical (unpaired) electrons. The minimum absolute atomic E-state index is 0.0545. The first-order valence-corrected chi connectivity index (χ1v) is 4.82. The van der Waals surface area contributed by atoms with Crippen molar-refractivity contribution in [2.75, 3.05) is 0 Å². The van der Waals surface area contributed by atoms with Gasteiger partial charge >= 0.3 is 6.36 Å². The molecule has 1 aromatic rings. The van der Waals surface area contributed by atoms with Crippen molar-refractivity contribution in [3.63, 3.8) is 0 Å². The molecule has 84 valence electrons. The third-order valence-corrected chi connectivity index (χ3v) is 2.82. The van der Waals surface area contributed by atoms with Crippen molar-refractivity contribution in [1.29, 1.82) is 0 Å². The number of benzene rings is 1. The average Bonchev–Trinajstić information content (AvgIpc) is 2.07. The molecule has 0 spiro atoms. The first kappa shape index (κ1) is 13.0. The van der Waals surface area contributed by atoms with E-state index in [4.69, 9.17) is 46.4 Å². The second-order valence-corrected chi connectivity index (χ2v) is 3.92. The summed E-state index contributed by atoms with van der Waals surface area (Å²) < 4.78 is 39.3. The lowest BCUT2D eigenvalue weighted by Crippen LogP contribution is -2.17. The Bertz CT molecular complexity index is 391. The van der Waals surface area contributed by atoms with Crippen LogP contribution in [-0.2, 0) is 0 Å². The van der Waals surface area contributed by atoms with E-state index in [0.717, 1.165) is 6.07 Å². The zero-order valence-corrected chi connectivity index (χ0v) is 9.66. The topological polar surface area (TPSA) is 9.23 Å². The molecule has 0 aromatic heterocycles. The van der Waals surface area contributed by atoms with Crippen LogP contribution in [0.3, 0.4) is 0 Å². The van der Waals surface area contributed by atoms with Crippen molar-refractivity contribution < 1.29 is 17.9 Å². The van der Waals surface area contributed by atoms with Gasteiger partial charge in [0, 0.05) is 0 Å². The molecule has 0 atom stereocenters. The van der Waals surface area contributed by atoms with Crippen LogP contribution in [0.5, 0.6) is 5.75 Å². The third kappa shape index (κ3) is 3.21. The molecule has 0 saturated heterocycles. The smallest absolute Gasteiger partial charge is 0.403 e. The van der Waals surface area contributed by atoms with Gasteiger partial charge in [0.2, 0.25) is 0 Å². The minimum Gasteiger partial charge on any atom is -0.403 e. The van der Waals surface area contributed by atoms with Gasteiger partial charge in [-0.2, -0.15) is 0 Å². The predicted octanol–water partition coefficient (Wildman–Crippen LogP) is 5.20. The lowest BCUT2D eigenvalue weighted by Gasteiger charge is -2.13. The molecule has 0 heterocycles. The van der Waals surface area contributed by atoms with Crippen LogP contribution >= 0.6 is 46.4 Å². The summed E-state index contributed by atoms with van der Waals surface area (Å²) >= 11 is 22.0. The molecular weight excluding hydrogens is 299 g/mol. The summed E-state index contributed by atoms with van der Waals surface area (Å²) in [5, 5.41) is -1.15. The molecule has 0 amide bonds. The van der Waals surface area contributed by atoms with E-state index in [1.54, 1.807) is 0 Å². The summed E-state index contributed by atoms with van der Waals surface area (Å²) in [5.74, 6) is -0.764. The lowest BCUT2D eigenvalue weighted by atomic mass is 10.3. The molecule has 15 heavy (non-hydrogen) atoms. The minimum atomic E-state index is -4.90. The van der Waals surface area contributed by atoms with Gasteiger partial charge in [0.25, 0.3) is 0 Å². The SMILES string of the molecule is FC(F)(F)Oc1c(Cl)cc(Cl)c(Cl)c1Cl. The van der Waals surface area contributed by atoms with Gasteiger partial charge in [-0.25, -0.2) is 0 Å². The van der Waals surface area contributed by atoms with Gasteiger partial charge in [-0.05, 0) is 6.07 Å². The maximum absolute atomic E-state index is 11.9. The molecule has 1 nitrogen and oxygen atoms in total. The summed E-state index contributed by atoms with van der Waals surface area (Å²) in [4.78, 5) is 0. The Balaban J connectivity index is 3.24. The maximum atomic E-state index is 11.9. The highest BCUT2D eigenvalue weighted by atomic mass is 35.5. The molecule has 0 fully saturated rings. The Morgan fingerprint density at radius 2 is 1.47 bits per heavy atom. The van der Waals surface area contributed by atoms with Gasteiger partial charge in [-0.1, -0.05) is 46.4 Å². The molecule has 1 aromatic carbocycles. The van der Waals surface area contributed by atoms with Crippen molar-refractivity contribution in [2.24, 2.45) is 0 Å². The molecule has 0 aliphatic heterocycles. The Kier molecular flexibility index (Phi) is 3.87. The molecule has 8 heteroatoms. The standard InChI is InChI=1S/C7HCl4F3O/c8-2-1-3(9)6(5(11)4(2)10)15-7(12,13)14/h1H. The van der Waals surface area contributed by atoms with E-state index in [0.29, 0.717) is 0 Å². The summed E-state index contributed by atoms with van der Waals surface area (Å²) in [5.41, 5.74) is 0. The van der Waals surface area contributed by atoms with Crippen LogP contribution in [0.25, 0.3) is 0 Å². The van der Waals surface area contributed by atoms with Crippen molar-refractivity contribution in [1.82, 2.24) is 0 Å². The number of alkyl halides is 3. The van der Waals surface area contributed by atoms with Crippen molar-refractivity contribution in [2.45, 2.75) is 6.36 Å². The summed E-state index contributed by atoms with van der Waals surface area (Å²) in [6.45, 7) is 0. The molecule has 0 aliphatic carbocycles. The number of hydrogen-bond acceptors (Lipinski definition) is 1. The predicted molar refractivity (Wildman–Crippen MR) is 53.2 cm³/mol. The van der Waals surface area contributed by atoms with E-state index >= 15 is 0 Å². The van der Waals surface area contributed by atoms with E-state index in [1.807, 2.05) is 0 Å². The van der Waals surface area contributed by atoms with Gasteiger partial charge in [0.15, 0.2) is 5.75 Å². The van der Waals surface area contributed by atoms with Gasteiger partial charge in [-0.3, -0.25) is 0 Å². The van der Waals surface area contributed by atoms with Gasteiger partial charge < -0.3 is 4.74 Å². The van der Waals surface area contributed by atoms with Crippen LogP contribution < -0.4 is 4.74 Å². The second-order valence-electron chi connectivity index (χ2n) is 2.35.